The third kappa shape index (κ3) is 3.51. The molecule has 3 nitrogen and oxygen atoms in total. The van der Waals surface area contributed by atoms with E-state index in [0.29, 0.717) is 11.6 Å². The number of nitrogens with zero attached hydrogens (tertiary/aromatic N) is 3. The molecule has 2 heterocycles. The van der Waals surface area contributed by atoms with Gasteiger partial charge in [-0.05, 0) is 33.6 Å². The molecule has 19 heavy (non-hydrogen) atoms. The highest BCUT2D eigenvalue weighted by atomic mass is 79.9. The van der Waals surface area contributed by atoms with Crippen LogP contribution in [0.1, 0.15) is 37.9 Å². The minimum absolute atomic E-state index is 0.0849. The van der Waals surface area contributed by atoms with Crippen LogP contribution in [-0.4, -0.2) is 15.0 Å². The van der Waals surface area contributed by atoms with E-state index in [4.69, 9.17) is 11.6 Å². The van der Waals surface area contributed by atoms with Gasteiger partial charge < -0.3 is 0 Å². The van der Waals surface area contributed by atoms with Gasteiger partial charge in [0.2, 0.25) is 0 Å². The molecule has 2 rings (SSSR count). The lowest BCUT2D eigenvalue weighted by Gasteiger charge is -2.20. The summed E-state index contributed by atoms with van der Waals surface area (Å²) < 4.78 is 0.778. The van der Waals surface area contributed by atoms with Gasteiger partial charge in [-0.15, -0.1) is 0 Å². The molecule has 2 aromatic rings. The Morgan fingerprint density at radius 3 is 2.37 bits per heavy atom. The first-order chi connectivity index (χ1) is 8.88. The average molecular weight is 341 g/mol. The van der Waals surface area contributed by atoms with Crippen molar-refractivity contribution in [3.05, 3.63) is 51.2 Å². The van der Waals surface area contributed by atoms with Crippen LogP contribution >= 0.6 is 27.5 Å². The van der Waals surface area contributed by atoms with Crippen LogP contribution in [0.25, 0.3) is 0 Å². The molecule has 0 spiro atoms. The molecule has 0 atom stereocenters. The Hall–Kier alpha value is -1.00. The highest BCUT2D eigenvalue weighted by Gasteiger charge is 2.22. The van der Waals surface area contributed by atoms with Crippen molar-refractivity contribution in [1.82, 2.24) is 15.0 Å². The van der Waals surface area contributed by atoms with Crippen LogP contribution in [0.2, 0.25) is 5.15 Å². The lowest BCUT2D eigenvalue weighted by Crippen LogP contribution is -2.17. The van der Waals surface area contributed by atoms with E-state index in [1.54, 1.807) is 12.4 Å². The molecule has 0 saturated heterocycles. The van der Waals surface area contributed by atoms with Crippen LogP contribution in [0.3, 0.4) is 0 Å². The van der Waals surface area contributed by atoms with Crippen molar-refractivity contribution in [3.8, 4) is 0 Å². The SMILES string of the molecule is CC(C)(C)c1nc(Cc2ccncc2)nc(Cl)c1Br. The highest BCUT2D eigenvalue weighted by Crippen LogP contribution is 2.32. The summed E-state index contributed by atoms with van der Waals surface area (Å²) in [5.41, 5.74) is 1.96. The van der Waals surface area contributed by atoms with Crippen molar-refractivity contribution >= 4 is 27.5 Å². The van der Waals surface area contributed by atoms with Crippen molar-refractivity contribution in [2.75, 3.05) is 0 Å². The second-order valence-corrected chi connectivity index (χ2v) is 6.53. The van der Waals surface area contributed by atoms with Crippen molar-refractivity contribution < 1.29 is 0 Å². The van der Waals surface area contributed by atoms with Crippen LogP contribution in [0, 0.1) is 0 Å². The zero-order chi connectivity index (χ0) is 14.0. The Labute approximate surface area is 126 Å². The van der Waals surface area contributed by atoms with E-state index in [9.17, 15) is 0 Å². The van der Waals surface area contributed by atoms with Crippen molar-refractivity contribution in [1.29, 1.82) is 0 Å². The first-order valence-corrected chi connectivity index (χ1v) is 7.16. The summed E-state index contributed by atoms with van der Waals surface area (Å²) in [6.45, 7) is 6.31. The molecule has 5 heteroatoms. The van der Waals surface area contributed by atoms with Gasteiger partial charge >= 0.3 is 0 Å². The molecule has 0 unspecified atom stereocenters. The van der Waals surface area contributed by atoms with Crippen molar-refractivity contribution in [3.63, 3.8) is 0 Å². The fourth-order valence-corrected chi connectivity index (χ4v) is 2.68. The topological polar surface area (TPSA) is 38.7 Å². The number of aromatic nitrogens is 3. The summed E-state index contributed by atoms with van der Waals surface area (Å²) in [7, 11) is 0. The van der Waals surface area contributed by atoms with E-state index in [1.165, 1.54) is 0 Å². The summed E-state index contributed by atoms with van der Waals surface area (Å²) >= 11 is 9.65. The predicted molar refractivity (Wildman–Crippen MR) is 80.5 cm³/mol. The number of hydrogen-bond acceptors (Lipinski definition) is 3. The molecule has 0 radical (unpaired) electrons. The molecule has 0 bridgehead atoms. The van der Waals surface area contributed by atoms with Crippen molar-refractivity contribution in [2.45, 2.75) is 32.6 Å². The molecule has 2 aromatic heterocycles. The van der Waals surface area contributed by atoms with Gasteiger partial charge in [0, 0.05) is 24.2 Å². The van der Waals surface area contributed by atoms with E-state index >= 15 is 0 Å². The molecule has 100 valence electrons. The Balaban J connectivity index is 2.40. The average Bonchev–Trinajstić information content (AvgIpc) is 2.33. The fourth-order valence-electron chi connectivity index (χ4n) is 1.72. The summed E-state index contributed by atoms with van der Waals surface area (Å²) in [5, 5.41) is 0.462. The molecular formula is C14H15BrClN3. The van der Waals surface area contributed by atoms with Gasteiger partial charge in [0.25, 0.3) is 0 Å². The van der Waals surface area contributed by atoms with E-state index in [-0.39, 0.29) is 5.41 Å². The van der Waals surface area contributed by atoms with Gasteiger partial charge in [0.05, 0.1) is 10.2 Å². The normalized spacial score (nSPS) is 11.6. The Kier molecular flexibility index (Phi) is 4.21. The number of rotatable bonds is 2. The van der Waals surface area contributed by atoms with Gasteiger partial charge in [-0.25, -0.2) is 9.97 Å². The van der Waals surface area contributed by atoms with Gasteiger partial charge in [0.1, 0.15) is 11.0 Å². The standard InChI is InChI=1S/C14H15BrClN3/c1-14(2,3)12-11(15)13(16)19-10(18-12)8-9-4-6-17-7-5-9/h4-7H,8H2,1-3H3. The maximum atomic E-state index is 6.18. The second kappa shape index (κ2) is 5.55. The lowest BCUT2D eigenvalue weighted by molar-refractivity contribution is 0.559. The molecular weight excluding hydrogens is 326 g/mol. The summed E-state index contributed by atoms with van der Waals surface area (Å²) in [5.74, 6) is 0.726. The Bertz CT molecular complexity index is 579. The van der Waals surface area contributed by atoms with E-state index in [2.05, 4.69) is 51.7 Å². The maximum Gasteiger partial charge on any atom is 0.147 e. The largest absolute Gasteiger partial charge is 0.265 e. The van der Waals surface area contributed by atoms with E-state index in [0.717, 1.165) is 21.6 Å². The first-order valence-electron chi connectivity index (χ1n) is 5.99. The molecule has 0 N–H and O–H groups in total. The quantitative estimate of drug-likeness (QED) is 0.770. The minimum Gasteiger partial charge on any atom is -0.265 e. The highest BCUT2D eigenvalue weighted by molar-refractivity contribution is 9.10. The predicted octanol–water partition coefficient (Wildman–Crippen LogP) is 4.18. The smallest absolute Gasteiger partial charge is 0.147 e. The summed E-state index contributed by atoms with van der Waals surface area (Å²) in [6, 6.07) is 3.91. The fraction of sp³-hybridized carbons (Fsp3) is 0.357. The Morgan fingerprint density at radius 1 is 1.16 bits per heavy atom. The maximum absolute atomic E-state index is 6.18. The van der Waals surface area contributed by atoms with Crippen LogP contribution in [0.4, 0.5) is 0 Å². The number of pyridine rings is 1. The molecule has 0 aromatic carbocycles. The van der Waals surface area contributed by atoms with Gasteiger partial charge in [-0.3, -0.25) is 4.98 Å². The zero-order valence-electron chi connectivity index (χ0n) is 11.1. The van der Waals surface area contributed by atoms with Crippen LogP contribution in [-0.2, 0) is 11.8 Å². The van der Waals surface area contributed by atoms with Crippen molar-refractivity contribution in [2.24, 2.45) is 0 Å². The third-order valence-electron chi connectivity index (χ3n) is 2.68. The molecule has 0 saturated carbocycles. The van der Waals surface area contributed by atoms with Crippen LogP contribution < -0.4 is 0 Å². The third-order valence-corrected chi connectivity index (χ3v) is 3.93. The Morgan fingerprint density at radius 2 is 1.79 bits per heavy atom. The molecule has 0 aliphatic heterocycles. The molecule has 0 aliphatic carbocycles. The monoisotopic (exact) mass is 339 g/mol. The minimum atomic E-state index is -0.0849. The van der Waals surface area contributed by atoms with Gasteiger partial charge in [-0.1, -0.05) is 32.4 Å². The van der Waals surface area contributed by atoms with Gasteiger partial charge in [0.15, 0.2) is 0 Å². The molecule has 0 aliphatic rings. The van der Waals surface area contributed by atoms with E-state index in [1.807, 2.05) is 12.1 Å². The number of halogens is 2. The lowest BCUT2D eigenvalue weighted by atomic mass is 9.92. The van der Waals surface area contributed by atoms with E-state index < -0.39 is 0 Å². The van der Waals surface area contributed by atoms with Crippen LogP contribution in [0.5, 0.6) is 0 Å². The first kappa shape index (κ1) is 14.4. The summed E-state index contributed by atoms with van der Waals surface area (Å²) in [6.07, 6.45) is 4.18. The number of hydrogen-bond donors (Lipinski definition) is 0. The summed E-state index contributed by atoms with van der Waals surface area (Å²) in [4.78, 5) is 13.0. The molecule has 0 amide bonds. The zero-order valence-corrected chi connectivity index (χ0v) is 13.5. The van der Waals surface area contributed by atoms with Crippen LogP contribution in [0.15, 0.2) is 29.0 Å². The molecule has 0 fully saturated rings. The second-order valence-electron chi connectivity index (χ2n) is 5.38. The van der Waals surface area contributed by atoms with Gasteiger partial charge in [-0.2, -0.15) is 0 Å².